The number of carbonyl (C=O) groups is 1. The maximum atomic E-state index is 10.8. The predicted molar refractivity (Wildman–Crippen MR) is 80.3 cm³/mol. The Balaban J connectivity index is 2.68. The van der Waals surface area contributed by atoms with Crippen LogP contribution in [0.3, 0.4) is 0 Å². The molecule has 3 N–H and O–H groups in total. The van der Waals surface area contributed by atoms with Gasteiger partial charge in [0.15, 0.2) is 0 Å². The van der Waals surface area contributed by atoms with E-state index in [1.165, 1.54) is 0 Å². The van der Waals surface area contributed by atoms with E-state index in [2.05, 4.69) is 18.7 Å². The molecule has 0 saturated heterocycles. The summed E-state index contributed by atoms with van der Waals surface area (Å²) < 4.78 is 0. The summed E-state index contributed by atoms with van der Waals surface area (Å²) in [7, 11) is 0. The summed E-state index contributed by atoms with van der Waals surface area (Å²) in [5, 5.41) is 8.85. The molecular weight excluding hydrogens is 260 g/mol. The molecular formula is C14H20N2O2S. The molecule has 0 heterocycles. The summed E-state index contributed by atoms with van der Waals surface area (Å²) >= 11 is 4.90. The van der Waals surface area contributed by atoms with Crippen molar-refractivity contribution in [3.63, 3.8) is 0 Å². The van der Waals surface area contributed by atoms with E-state index in [0.717, 1.165) is 18.7 Å². The molecule has 19 heavy (non-hydrogen) atoms. The SMILES string of the molecule is CC(C)N(CCC(N)=S)Cc1ccc(C(=O)O)cc1. The molecule has 0 saturated carbocycles. The Labute approximate surface area is 119 Å². The van der Waals surface area contributed by atoms with Crippen LogP contribution in [0.1, 0.15) is 36.2 Å². The van der Waals surface area contributed by atoms with E-state index in [1.807, 2.05) is 12.1 Å². The van der Waals surface area contributed by atoms with Gasteiger partial charge in [0.25, 0.3) is 0 Å². The van der Waals surface area contributed by atoms with Crippen LogP contribution in [0, 0.1) is 0 Å². The Bertz CT molecular complexity index is 443. The zero-order valence-corrected chi connectivity index (χ0v) is 12.1. The third-order valence-corrected chi connectivity index (χ3v) is 3.17. The van der Waals surface area contributed by atoms with Crippen molar-refractivity contribution in [1.29, 1.82) is 0 Å². The fourth-order valence-corrected chi connectivity index (χ4v) is 1.85. The van der Waals surface area contributed by atoms with Gasteiger partial charge in [0.05, 0.1) is 10.6 Å². The van der Waals surface area contributed by atoms with Crippen molar-refractivity contribution in [1.82, 2.24) is 4.90 Å². The van der Waals surface area contributed by atoms with Gasteiger partial charge in [-0.05, 0) is 31.5 Å². The van der Waals surface area contributed by atoms with Gasteiger partial charge in [-0.25, -0.2) is 4.79 Å². The van der Waals surface area contributed by atoms with Gasteiger partial charge < -0.3 is 10.8 Å². The third-order valence-electron chi connectivity index (χ3n) is 2.96. The Morgan fingerprint density at radius 1 is 1.37 bits per heavy atom. The number of carboxylic acids is 1. The molecule has 0 spiro atoms. The van der Waals surface area contributed by atoms with Gasteiger partial charge in [-0.2, -0.15) is 0 Å². The quantitative estimate of drug-likeness (QED) is 0.750. The van der Waals surface area contributed by atoms with E-state index in [9.17, 15) is 4.79 Å². The van der Waals surface area contributed by atoms with Crippen molar-refractivity contribution in [2.75, 3.05) is 6.54 Å². The molecule has 0 aliphatic carbocycles. The molecule has 5 heteroatoms. The molecule has 0 aliphatic heterocycles. The van der Waals surface area contributed by atoms with Crippen LogP contribution in [0.5, 0.6) is 0 Å². The molecule has 0 fully saturated rings. The first-order valence-electron chi connectivity index (χ1n) is 6.24. The summed E-state index contributed by atoms with van der Waals surface area (Å²) in [6, 6.07) is 7.33. The molecule has 104 valence electrons. The van der Waals surface area contributed by atoms with Gasteiger partial charge in [0, 0.05) is 25.6 Å². The zero-order valence-electron chi connectivity index (χ0n) is 11.3. The zero-order chi connectivity index (χ0) is 14.4. The van der Waals surface area contributed by atoms with Crippen molar-refractivity contribution in [3.05, 3.63) is 35.4 Å². The first-order valence-corrected chi connectivity index (χ1v) is 6.65. The van der Waals surface area contributed by atoms with Gasteiger partial charge in [-0.15, -0.1) is 0 Å². The molecule has 0 aliphatic rings. The Hall–Kier alpha value is -1.46. The number of nitrogens with zero attached hydrogens (tertiary/aromatic N) is 1. The minimum atomic E-state index is -0.902. The summed E-state index contributed by atoms with van der Waals surface area (Å²) in [5.41, 5.74) is 6.92. The number of thiocarbonyl (C=S) groups is 1. The molecule has 0 radical (unpaired) electrons. The van der Waals surface area contributed by atoms with Crippen molar-refractivity contribution in [2.45, 2.75) is 32.9 Å². The van der Waals surface area contributed by atoms with Gasteiger partial charge >= 0.3 is 5.97 Å². The number of nitrogens with two attached hydrogens (primary N) is 1. The minimum absolute atomic E-state index is 0.308. The van der Waals surface area contributed by atoms with Gasteiger partial charge in [-0.1, -0.05) is 24.4 Å². The van der Waals surface area contributed by atoms with Crippen LogP contribution in [0.2, 0.25) is 0 Å². The average Bonchev–Trinajstić information content (AvgIpc) is 2.34. The normalized spacial score (nSPS) is 10.9. The standard InChI is InChI=1S/C14H20N2O2S/c1-10(2)16(8-7-13(15)19)9-11-3-5-12(6-4-11)14(17)18/h3-6,10H,7-9H2,1-2H3,(H2,15,19)(H,17,18). The lowest BCUT2D eigenvalue weighted by Gasteiger charge is -2.26. The average molecular weight is 280 g/mol. The topological polar surface area (TPSA) is 66.6 Å². The molecule has 1 aromatic carbocycles. The molecule has 0 bridgehead atoms. The van der Waals surface area contributed by atoms with E-state index < -0.39 is 5.97 Å². The number of hydrogen-bond acceptors (Lipinski definition) is 3. The largest absolute Gasteiger partial charge is 0.478 e. The maximum Gasteiger partial charge on any atom is 0.335 e. The molecule has 1 rings (SSSR count). The Morgan fingerprint density at radius 2 is 1.95 bits per heavy atom. The van der Waals surface area contributed by atoms with Crippen LogP contribution in [-0.4, -0.2) is 33.6 Å². The number of rotatable bonds is 7. The first kappa shape index (κ1) is 15.6. The molecule has 4 nitrogen and oxygen atoms in total. The maximum absolute atomic E-state index is 10.8. The van der Waals surface area contributed by atoms with E-state index in [4.69, 9.17) is 23.1 Å². The highest BCUT2D eigenvalue weighted by Gasteiger charge is 2.11. The highest BCUT2D eigenvalue weighted by Crippen LogP contribution is 2.10. The smallest absolute Gasteiger partial charge is 0.335 e. The summed E-state index contributed by atoms with van der Waals surface area (Å²) in [4.78, 5) is 13.6. The molecule has 0 amide bonds. The van der Waals surface area contributed by atoms with E-state index in [1.54, 1.807) is 12.1 Å². The van der Waals surface area contributed by atoms with Crippen LogP contribution < -0.4 is 5.73 Å². The second-order valence-corrected chi connectivity index (χ2v) is 5.31. The number of aromatic carboxylic acids is 1. The second-order valence-electron chi connectivity index (χ2n) is 4.78. The highest BCUT2D eigenvalue weighted by molar-refractivity contribution is 7.80. The van der Waals surface area contributed by atoms with Crippen LogP contribution >= 0.6 is 12.2 Å². The fraction of sp³-hybridized carbons (Fsp3) is 0.429. The van der Waals surface area contributed by atoms with E-state index >= 15 is 0 Å². The lowest BCUT2D eigenvalue weighted by Crippen LogP contribution is -2.33. The van der Waals surface area contributed by atoms with Crippen LogP contribution in [0.15, 0.2) is 24.3 Å². The summed E-state index contributed by atoms with van der Waals surface area (Å²) in [5.74, 6) is -0.902. The summed E-state index contributed by atoms with van der Waals surface area (Å²) in [6.45, 7) is 5.81. The van der Waals surface area contributed by atoms with E-state index in [0.29, 0.717) is 23.0 Å². The lowest BCUT2D eigenvalue weighted by atomic mass is 10.1. The van der Waals surface area contributed by atoms with Crippen molar-refractivity contribution < 1.29 is 9.90 Å². The van der Waals surface area contributed by atoms with Crippen molar-refractivity contribution >= 4 is 23.2 Å². The Morgan fingerprint density at radius 3 is 2.37 bits per heavy atom. The van der Waals surface area contributed by atoms with Crippen molar-refractivity contribution in [3.8, 4) is 0 Å². The van der Waals surface area contributed by atoms with Crippen LogP contribution in [0.4, 0.5) is 0 Å². The van der Waals surface area contributed by atoms with Crippen molar-refractivity contribution in [2.24, 2.45) is 5.73 Å². The molecule has 0 aromatic heterocycles. The van der Waals surface area contributed by atoms with Gasteiger partial charge in [0.2, 0.25) is 0 Å². The molecule has 0 unspecified atom stereocenters. The number of carboxylic acid groups (broad SMARTS) is 1. The monoisotopic (exact) mass is 280 g/mol. The van der Waals surface area contributed by atoms with Crippen LogP contribution in [0.25, 0.3) is 0 Å². The molecule has 0 atom stereocenters. The summed E-state index contributed by atoms with van der Waals surface area (Å²) in [6.07, 6.45) is 0.695. The van der Waals surface area contributed by atoms with Gasteiger partial charge in [0.1, 0.15) is 0 Å². The fourth-order valence-electron chi connectivity index (χ4n) is 1.76. The lowest BCUT2D eigenvalue weighted by molar-refractivity contribution is 0.0697. The molecule has 1 aromatic rings. The van der Waals surface area contributed by atoms with E-state index in [-0.39, 0.29) is 0 Å². The minimum Gasteiger partial charge on any atom is -0.478 e. The predicted octanol–water partition coefficient (Wildman–Crippen LogP) is 2.27. The number of hydrogen-bond donors (Lipinski definition) is 2. The second kappa shape index (κ2) is 7.21. The van der Waals surface area contributed by atoms with Crippen LogP contribution in [-0.2, 0) is 6.54 Å². The Kier molecular flexibility index (Phi) is 5.92. The third kappa shape index (κ3) is 5.36. The first-order chi connectivity index (χ1) is 8.90. The highest BCUT2D eigenvalue weighted by atomic mass is 32.1. The number of benzene rings is 1. The van der Waals surface area contributed by atoms with Gasteiger partial charge in [-0.3, -0.25) is 4.90 Å².